The minimum atomic E-state index is -0.651. The number of rotatable bonds is 6. The van der Waals surface area contributed by atoms with E-state index in [4.69, 9.17) is 0 Å². The first-order chi connectivity index (χ1) is 15.2. The van der Waals surface area contributed by atoms with Crippen LogP contribution in [0.5, 0.6) is 0 Å². The second-order valence-corrected chi connectivity index (χ2v) is 11.5. The molecular formula is C28H42O4. The standard InChI is InChI=1S/C28H42O4/c1-18(6-11-26(32)28(13-14-28)19(2)29)24-9-10-25-21(5-4-12-27(24,25)3)8-7-20-15-22(30)17-23(31)16-20/h6-8,11,18,22-26,30-32H,4-5,9-10,12-17H2,1-3H3/b11-6+,21-8+/t18-,22-,23-,24-,25+,26-,27-/m1/s1. The molecule has 4 fully saturated rings. The highest BCUT2D eigenvalue weighted by atomic mass is 16.3. The number of fused-ring (bicyclic) bond motifs is 1. The third-order valence-corrected chi connectivity index (χ3v) is 9.40. The summed E-state index contributed by atoms with van der Waals surface area (Å²) in [5.41, 5.74) is 2.46. The topological polar surface area (TPSA) is 77.8 Å². The summed E-state index contributed by atoms with van der Waals surface area (Å²) < 4.78 is 0. The van der Waals surface area contributed by atoms with Gasteiger partial charge in [0.05, 0.1) is 23.7 Å². The van der Waals surface area contributed by atoms with E-state index in [1.807, 2.05) is 6.08 Å². The van der Waals surface area contributed by atoms with Gasteiger partial charge in [-0.2, -0.15) is 0 Å². The van der Waals surface area contributed by atoms with Crippen LogP contribution in [0.3, 0.4) is 0 Å². The molecule has 4 aliphatic carbocycles. The van der Waals surface area contributed by atoms with E-state index in [0.29, 0.717) is 37.0 Å². The average molecular weight is 443 g/mol. The van der Waals surface area contributed by atoms with Crippen molar-refractivity contribution in [2.24, 2.45) is 28.6 Å². The maximum absolute atomic E-state index is 11.9. The summed E-state index contributed by atoms with van der Waals surface area (Å²) >= 11 is 0. The number of allylic oxidation sites excluding steroid dienone is 4. The lowest BCUT2D eigenvalue weighted by atomic mass is 9.61. The van der Waals surface area contributed by atoms with Crippen LogP contribution in [0.1, 0.15) is 85.0 Å². The monoisotopic (exact) mass is 442 g/mol. The predicted molar refractivity (Wildman–Crippen MR) is 127 cm³/mol. The molecule has 0 aromatic carbocycles. The highest BCUT2D eigenvalue weighted by molar-refractivity contribution is 5.86. The molecule has 0 radical (unpaired) electrons. The zero-order valence-electron chi connectivity index (χ0n) is 20.1. The summed E-state index contributed by atoms with van der Waals surface area (Å²) in [6.45, 7) is 6.35. The van der Waals surface area contributed by atoms with Crippen LogP contribution in [0, 0.1) is 28.6 Å². The Kier molecular flexibility index (Phi) is 6.87. The Morgan fingerprint density at radius 1 is 1.06 bits per heavy atom. The molecule has 178 valence electrons. The summed E-state index contributed by atoms with van der Waals surface area (Å²) in [5.74, 6) is 1.66. The van der Waals surface area contributed by atoms with Gasteiger partial charge in [-0.3, -0.25) is 4.79 Å². The third kappa shape index (κ3) is 4.56. The number of carbonyl (C=O) groups is 1. The molecule has 0 aromatic heterocycles. The van der Waals surface area contributed by atoms with Crippen molar-refractivity contribution in [3.8, 4) is 0 Å². The lowest BCUT2D eigenvalue weighted by Gasteiger charge is -2.44. The van der Waals surface area contributed by atoms with E-state index in [1.165, 1.54) is 31.3 Å². The average Bonchev–Trinajstić information content (AvgIpc) is 3.46. The fourth-order valence-corrected chi connectivity index (χ4v) is 7.26. The zero-order chi connectivity index (χ0) is 23.1. The van der Waals surface area contributed by atoms with Crippen LogP contribution < -0.4 is 0 Å². The van der Waals surface area contributed by atoms with Crippen LogP contribution in [0.2, 0.25) is 0 Å². The fourth-order valence-electron chi connectivity index (χ4n) is 7.26. The minimum Gasteiger partial charge on any atom is -0.393 e. The molecule has 0 saturated heterocycles. The summed E-state index contributed by atoms with van der Waals surface area (Å²) in [6, 6.07) is 0. The highest BCUT2D eigenvalue weighted by Gasteiger charge is 2.53. The largest absolute Gasteiger partial charge is 0.393 e. The molecule has 3 N–H and O–H groups in total. The maximum Gasteiger partial charge on any atom is 0.138 e. The van der Waals surface area contributed by atoms with Crippen molar-refractivity contribution in [3.63, 3.8) is 0 Å². The van der Waals surface area contributed by atoms with Gasteiger partial charge in [0.1, 0.15) is 5.78 Å². The molecule has 0 aromatic rings. The van der Waals surface area contributed by atoms with E-state index in [0.717, 1.165) is 24.8 Å². The number of carbonyl (C=O) groups excluding carboxylic acids is 1. The van der Waals surface area contributed by atoms with Gasteiger partial charge in [-0.05, 0) is 94.3 Å². The van der Waals surface area contributed by atoms with E-state index in [-0.39, 0.29) is 11.2 Å². The second-order valence-electron chi connectivity index (χ2n) is 11.5. The van der Waals surface area contributed by atoms with Gasteiger partial charge in [-0.15, -0.1) is 0 Å². The van der Waals surface area contributed by atoms with Gasteiger partial charge < -0.3 is 15.3 Å². The van der Waals surface area contributed by atoms with Gasteiger partial charge in [0, 0.05) is 0 Å². The molecule has 0 aliphatic heterocycles. The molecule has 4 rings (SSSR count). The van der Waals surface area contributed by atoms with Crippen molar-refractivity contribution < 1.29 is 20.1 Å². The van der Waals surface area contributed by atoms with E-state index < -0.39 is 23.7 Å². The summed E-state index contributed by atoms with van der Waals surface area (Å²) in [7, 11) is 0. The van der Waals surface area contributed by atoms with Crippen LogP contribution in [-0.4, -0.2) is 39.4 Å². The van der Waals surface area contributed by atoms with Gasteiger partial charge in [-0.1, -0.05) is 49.3 Å². The molecule has 0 spiro atoms. The number of ketones is 1. The molecule has 0 amide bonds. The molecule has 4 heteroatoms. The van der Waals surface area contributed by atoms with Crippen LogP contribution in [0.15, 0.2) is 35.5 Å². The normalized spacial score (nSPS) is 39.7. The number of Topliss-reactive ketones (excluding diaryl/α,β-unsaturated/α-hetero) is 1. The van der Waals surface area contributed by atoms with Crippen molar-refractivity contribution >= 4 is 5.78 Å². The molecule has 4 aliphatic rings. The van der Waals surface area contributed by atoms with Gasteiger partial charge >= 0.3 is 0 Å². The first-order valence-electron chi connectivity index (χ1n) is 12.8. The Morgan fingerprint density at radius 2 is 1.75 bits per heavy atom. The van der Waals surface area contributed by atoms with Gasteiger partial charge in [0.15, 0.2) is 0 Å². The van der Waals surface area contributed by atoms with E-state index in [1.54, 1.807) is 6.92 Å². The van der Waals surface area contributed by atoms with Gasteiger partial charge in [0.25, 0.3) is 0 Å². The Morgan fingerprint density at radius 3 is 2.38 bits per heavy atom. The fraction of sp³-hybridized carbons (Fsp3) is 0.750. The molecule has 32 heavy (non-hydrogen) atoms. The molecule has 0 bridgehead atoms. The Labute approximate surface area is 193 Å². The molecule has 0 heterocycles. The van der Waals surface area contributed by atoms with E-state index >= 15 is 0 Å². The van der Waals surface area contributed by atoms with E-state index in [9.17, 15) is 20.1 Å². The Bertz CT molecular complexity index is 792. The third-order valence-electron chi connectivity index (χ3n) is 9.40. The van der Waals surface area contributed by atoms with Crippen molar-refractivity contribution in [1.82, 2.24) is 0 Å². The summed E-state index contributed by atoms with van der Waals surface area (Å²) in [5, 5.41) is 30.6. The number of hydrogen-bond acceptors (Lipinski definition) is 4. The second kappa shape index (κ2) is 9.19. The number of aliphatic hydroxyl groups excluding tert-OH is 3. The molecule has 7 atom stereocenters. The minimum absolute atomic E-state index is 0.115. The van der Waals surface area contributed by atoms with Gasteiger partial charge in [0.2, 0.25) is 0 Å². The van der Waals surface area contributed by atoms with E-state index in [2.05, 4.69) is 32.1 Å². The van der Waals surface area contributed by atoms with Crippen LogP contribution in [0.25, 0.3) is 0 Å². The van der Waals surface area contributed by atoms with Gasteiger partial charge in [-0.25, -0.2) is 0 Å². The first-order valence-corrected chi connectivity index (χ1v) is 12.8. The summed E-state index contributed by atoms with van der Waals surface area (Å²) in [4.78, 5) is 11.9. The molecule has 4 saturated carbocycles. The number of aliphatic hydroxyl groups is 3. The lowest BCUT2D eigenvalue weighted by molar-refractivity contribution is -0.124. The van der Waals surface area contributed by atoms with Crippen molar-refractivity contribution in [1.29, 1.82) is 0 Å². The van der Waals surface area contributed by atoms with Crippen molar-refractivity contribution in [2.75, 3.05) is 0 Å². The quantitative estimate of drug-likeness (QED) is 0.512. The van der Waals surface area contributed by atoms with Crippen LogP contribution in [0.4, 0.5) is 0 Å². The molecule has 0 unspecified atom stereocenters. The first kappa shape index (κ1) is 23.9. The lowest BCUT2D eigenvalue weighted by Crippen LogP contribution is -2.35. The highest BCUT2D eigenvalue weighted by Crippen LogP contribution is 2.59. The van der Waals surface area contributed by atoms with Crippen LogP contribution >= 0.6 is 0 Å². The predicted octanol–water partition coefficient (Wildman–Crippen LogP) is 4.88. The molecular weight excluding hydrogens is 400 g/mol. The van der Waals surface area contributed by atoms with Crippen molar-refractivity contribution in [3.05, 3.63) is 35.5 Å². The molecule has 4 nitrogen and oxygen atoms in total. The number of hydrogen-bond donors (Lipinski definition) is 3. The Hall–Kier alpha value is -1.23. The SMILES string of the molecule is CC(=O)C1([C@H](O)/C=C/[C@@H](C)[C@H]2CC[C@H]3/C(=C/C=C4C[C@@H](O)C[C@H](O)C4)CCC[C@]23C)CC1. The zero-order valence-corrected chi connectivity index (χ0v) is 20.1. The van der Waals surface area contributed by atoms with Crippen LogP contribution in [-0.2, 0) is 4.79 Å². The van der Waals surface area contributed by atoms with Crippen molar-refractivity contribution in [2.45, 2.75) is 103 Å². The maximum atomic E-state index is 11.9. The smallest absolute Gasteiger partial charge is 0.138 e. The Balaban J connectivity index is 1.45. The summed E-state index contributed by atoms with van der Waals surface area (Å²) in [6.07, 6.45) is 16.5.